The predicted octanol–water partition coefficient (Wildman–Crippen LogP) is 6.71. The summed E-state index contributed by atoms with van der Waals surface area (Å²) in [6, 6.07) is 36.6. The molecule has 458 valence electrons. The van der Waals surface area contributed by atoms with Crippen LogP contribution in [0, 0.1) is 35.4 Å². The van der Waals surface area contributed by atoms with Crippen LogP contribution in [0.15, 0.2) is 146 Å². The zero-order chi connectivity index (χ0) is 62.5. The molecule has 1 aliphatic heterocycles. The summed E-state index contributed by atoms with van der Waals surface area (Å²) in [5, 5.41) is 31.8. The highest BCUT2D eigenvalue weighted by Gasteiger charge is 2.43. The molecule has 9 atom stereocenters. The van der Waals surface area contributed by atoms with Crippen LogP contribution in [0.4, 0.5) is 4.39 Å². The minimum atomic E-state index is -1.37. The number of carboxylic acid groups (broad SMARTS) is 1. The van der Waals surface area contributed by atoms with Crippen molar-refractivity contribution in [3.63, 3.8) is 0 Å². The number of nitrogens with two attached hydrogens (primary N) is 1. The molecule has 86 heavy (non-hydrogen) atoms. The van der Waals surface area contributed by atoms with Gasteiger partial charge in [-0.2, -0.15) is 12.6 Å². The van der Waals surface area contributed by atoms with E-state index in [-0.39, 0.29) is 56.7 Å². The number of carbonyl (C=O) groups excluding carboxylic acids is 8. The van der Waals surface area contributed by atoms with Crippen LogP contribution in [0.25, 0.3) is 0 Å². The van der Waals surface area contributed by atoms with Gasteiger partial charge in [-0.3, -0.25) is 38.4 Å². The fraction of sp³-hybridized carbons (Fsp3) is 0.418. The number of aliphatic hydroxyl groups is 1. The molecule has 1 saturated heterocycles. The molecule has 0 aromatic heterocycles. The molecule has 17 nitrogen and oxygen atoms in total. The Morgan fingerprint density at radius 3 is 1.66 bits per heavy atom. The first-order valence-corrected chi connectivity index (χ1v) is 30.1. The molecule has 5 aromatic rings. The van der Waals surface area contributed by atoms with Crippen LogP contribution in [0.2, 0.25) is 0 Å². The molecule has 0 bridgehead atoms. The van der Waals surface area contributed by atoms with E-state index in [1.807, 2.05) is 97.9 Å². The van der Waals surface area contributed by atoms with Gasteiger partial charge in [0.05, 0.1) is 42.6 Å². The minimum Gasteiger partial charge on any atom is -0.480 e. The Kier molecular flexibility index (Phi) is 25.5. The van der Waals surface area contributed by atoms with Crippen molar-refractivity contribution in [2.45, 2.75) is 128 Å². The summed E-state index contributed by atoms with van der Waals surface area (Å²) in [6.07, 6.45) is -0.800. The summed E-state index contributed by atoms with van der Waals surface area (Å²) < 4.78 is 13.6. The highest BCUT2D eigenvalue weighted by atomic mass is 32.1. The second-order valence-corrected chi connectivity index (χ2v) is 23.1. The van der Waals surface area contributed by atoms with Crippen LogP contribution < -0.4 is 27.0 Å². The van der Waals surface area contributed by atoms with Gasteiger partial charge in [-0.15, -0.1) is 0 Å². The number of likely N-dealkylation sites (tertiary alicyclic amines) is 1. The van der Waals surface area contributed by atoms with Crippen molar-refractivity contribution in [3.8, 4) is 0 Å². The molecule has 0 aliphatic carbocycles. The number of halogens is 1. The number of aliphatic hydroxyl groups excluding tert-OH is 1. The van der Waals surface area contributed by atoms with Gasteiger partial charge in [0.25, 0.3) is 0 Å². The quantitative estimate of drug-likeness (QED) is 0.0161. The zero-order valence-corrected chi connectivity index (χ0v) is 50.1. The Morgan fingerprint density at radius 2 is 1.15 bits per heavy atom. The molecule has 1 unspecified atom stereocenters. The first-order valence-electron chi connectivity index (χ1n) is 29.5. The lowest BCUT2D eigenvalue weighted by Crippen LogP contribution is -2.53. The third kappa shape index (κ3) is 18.1. The molecule has 6 rings (SSSR count). The number of aliphatic carboxylic acids is 1. The SMILES string of the molecule is CC[C@H](C)[C@H](NC(=O)C(N)Cc1ccc([18F])cc1)C(=O)C[C@@H](CS)C(=O)N[C@H](C(=O)C[C@@H](CCC(=O)NC(c1ccccc1)(c1ccccc1)c1ccccc1)C(=O)N1CCC[C@H]1C(=O)C[C@@H](CO)C(=O)N[C@@H](Cc1ccccc1)C(=O)O)C(C)C. The van der Waals surface area contributed by atoms with Crippen LogP contribution in [0.3, 0.4) is 0 Å². The first-order chi connectivity index (χ1) is 41.2. The number of nitrogens with one attached hydrogen (secondary N) is 4. The first kappa shape index (κ1) is 67.3. The molecular weight excluding hydrogens is 1110 g/mol. The zero-order valence-electron chi connectivity index (χ0n) is 49.2. The van der Waals surface area contributed by atoms with Crippen LogP contribution in [0.1, 0.15) is 107 Å². The number of nitrogens with zero attached hydrogens (tertiary/aromatic N) is 1. The van der Waals surface area contributed by atoms with Crippen molar-refractivity contribution in [1.29, 1.82) is 0 Å². The third-order valence-electron chi connectivity index (χ3n) is 16.2. The van der Waals surface area contributed by atoms with Crippen molar-refractivity contribution in [1.82, 2.24) is 26.2 Å². The van der Waals surface area contributed by atoms with E-state index in [0.717, 1.165) is 16.7 Å². The van der Waals surface area contributed by atoms with Gasteiger partial charge in [0, 0.05) is 50.3 Å². The van der Waals surface area contributed by atoms with Crippen LogP contribution in [-0.4, -0.2) is 117 Å². The number of ketones is 3. The van der Waals surface area contributed by atoms with E-state index in [9.17, 15) is 53.0 Å². The van der Waals surface area contributed by atoms with Crippen molar-refractivity contribution < 1.29 is 57.8 Å². The average Bonchev–Trinajstić information content (AvgIpc) is 0.962. The maximum atomic E-state index is 15.2. The molecule has 19 heteroatoms. The molecule has 0 radical (unpaired) electrons. The summed E-state index contributed by atoms with van der Waals surface area (Å²) in [6.45, 7) is 6.32. The standard InChI is InChI=1S/C67H81FN6O11S/c1-5-43(4)61(72-64(82)53(69)35-45-28-31-52(68)32-29-45)58(78)39-48(41-86)63(81)71-60(42(2)3)57(77)37-46(30-33-59(79)73-67(49-21-12-7-13-22-49,50-23-14-8-15-24-50)51-25-16-9-17-26-51)65(83)74-34-18-27-55(74)56(76)38-47(40-75)62(80)70-54(66(84)85)36-44-19-10-6-11-20-44/h6-17,19-26,28-29,31-32,42-43,46-48,53-55,60-61,75,86H,5,18,27,30,33-41,69H2,1-4H3,(H,70,80)(H,71,81)(H,72,82)(H,73,79)(H,84,85)/t43-,46+,47-,48-,53?,54-,55-,60-,61-/m0/s1/i68-1. The smallest absolute Gasteiger partial charge is 0.326 e. The Labute approximate surface area is 508 Å². The Hall–Kier alpha value is -7.87. The van der Waals surface area contributed by atoms with Gasteiger partial charge in [-0.05, 0) is 77.5 Å². The normalized spacial score (nSPS) is 16.1. The molecule has 1 aliphatic rings. The number of thiol groups is 1. The monoisotopic (exact) mass is 1200 g/mol. The van der Waals surface area contributed by atoms with Gasteiger partial charge in [0.15, 0.2) is 17.3 Å². The van der Waals surface area contributed by atoms with Crippen molar-refractivity contribution >= 4 is 65.5 Å². The number of rotatable bonds is 33. The Morgan fingerprint density at radius 1 is 0.651 bits per heavy atom. The lowest BCUT2D eigenvalue weighted by Gasteiger charge is -2.37. The summed E-state index contributed by atoms with van der Waals surface area (Å²) >= 11 is 4.44. The van der Waals surface area contributed by atoms with Crippen LogP contribution >= 0.6 is 12.6 Å². The number of hydrogen-bond acceptors (Lipinski definition) is 12. The molecule has 1 heterocycles. The molecule has 8 N–H and O–H groups in total. The van der Waals surface area contributed by atoms with E-state index < -0.39 is 138 Å². The number of carboxylic acids is 1. The Balaban J connectivity index is 1.24. The molecule has 0 spiro atoms. The number of amides is 5. The summed E-state index contributed by atoms with van der Waals surface area (Å²) in [5.41, 5.74) is 8.52. The molecule has 0 saturated carbocycles. The summed E-state index contributed by atoms with van der Waals surface area (Å²) in [4.78, 5) is 128. The molecule has 5 amide bonds. The molecule has 5 aromatic carbocycles. The summed E-state index contributed by atoms with van der Waals surface area (Å²) in [5.74, 6) is -11.3. The number of benzene rings is 5. The fourth-order valence-corrected chi connectivity index (χ4v) is 11.4. The van der Waals surface area contributed by atoms with Crippen molar-refractivity contribution in [2.24, 2.45) is 35.3 Å². The number of Topliss-reactive ketones (excluding diaryl/α,β-unsaturated/α-hetero) is 3. The third-order valence-corrected chi connectivity index (χ3v) is 16.7. The van der Waals surface area contributed by atoms with Gasteiger partial charge >= 0.3 is 5.97 Å². The predicted molar refractivity (Wildman–Crippen MR) is 328 cm³/mol. The second-order valence-electron chi connectivity index (χ2n) is 22.7. The van der Waals surface area contributed by atoms with Crippen molar-refractivity contribution in [2.75, 3.05) is 18.9 Å². The fourth-order valence-electron chi connectivity index (χ4n) is 11.1. The highest BCUT2D eigenvalue weighted by Crippen LogP contribution is 2.37. The lowest BCUT2D eigenvalue weighted by molar-refractivity contribution is -0.145. The van der Waals surface area contributed by atoms with Crippen LogP contribution in [0.5, 0.6) is 0 Å². The van der Waals surface area contributed by atoms with Gasteiger partial charge < -0.3 is 42.1 Å². The minimum absolute atomic E-state index is 0.0575. The molecular formula is C67H81FN6O11S. The maximum Gasteiger partial charge on any atom is 0.326 e. The highest BCUT2D eigenvalue weighted by molar-refractivity contribution is 7.80. The van der Waals surface area contributed by atoms with E-state index in [0.29, 0.717) is 24.0 Å². The summed E-state index contributed by atoms with van der Waals surface area (Å²) in [7, 11) is 0. The van der Waals surface area contributed by atoms with Crippen LogP contribution in [-0.2, 0) is 61.5 Å². The van der Waals surface area contributed by atoms with E-state index in [1.54, 1.807) is 51.1 Å². The van der Waals surface area contributed by atoms with E-state index in [2.05, 4.69) is 33.9 Å². The largest absolute Gasteiger partial charge is 0.480 e. The lowest BCUT2D eigenvalue weighted by atomic mass is 9.76. The van der Waals surface area contributed by atoms with Crippen molar-refractivity contribution in [3.05, 3.63) is 179 Å². The Bertz CT molecular complexity index is 2990. The average molecular weight is 1200 g/mol. The number of carbonyl (C=O) groups is 9. The second kappa shape index (κ2) is 32.6. The topological polar surface area (TPSA) is 271 Å². The van der Waals surface area contributed by atoms with Gasteiger partial charge in [0.2, 0.25) is 29.5 Å². The maximum absolute atomic E-state index is 15.2. The van der Waals surface area contributed by atoms with E-state index >= 15 is 4.79 Å². The van der Waals surface area contributed by atoms with E-state index in [1.165, 1.54) is 29.2 Å². The molecule has 1 fully saturated rings. The van der Waals surface area contributed by atoms with Gasteiger partial charge in [-0.25, -0.2) is 9.18 Å². The van der Waals surface area contributed by atoms with Gasteiger partial charge in [-0.1, -0.05) is 168 Å². The van der Waals surface area contributed by atoms with Gasteiger partial charge in [0.1, 0.15) is 17.4 Å². The number of hydrogen-bond donors (Lipinski definition) is 8. The van der Waals surface area contributed by atoms with E-state index in [4.69, 9.17) is 5.73 Å².